The molecule has 0 spiro atoms. The molecular formula is C25H22N2O8S. The number of hydrogen-bond acceptors (Lipinski definition) is 8. The number of aromatic hydroxyl groups is 1. The van der Waals surface area contributed by atoms with Gasteiger partial charge in [0.15, 0.2) is 6.61 Å². The molecule has 1 aromatic heterocycles. The molecule has 36 heavy (non-hydrogen) atoms. The zero-order chi connectivity index (χ0) is 25.9. The van der Waals surface area contributed by atoms with Crippen LogP contribution in [0.3, 0.4) is 0 Å². The number of fused-ring (bicyclic) bond motifs is 1. The van der Waals surface area contributed by atoms with E-state index in [0.29, 0.717) is 16.9 Å². The molecule has 0 fully saturated rings. The van der Waals surface area contributed by atoms with E-state index in [1.54, 1.807) is 24.3 Å². The Labute approximate surface area is 205 Å². The smallest absolute Gasteiger partial charge is 0.258 e. The molecule has 0 unspecified atom stereocenters. The SMILES string of the molecule is COc1ccc(-c2coc3cc(OCC(=O)NCc4ccc(S(N)(=O)=O)cc4)cc(O)c3c2=O)cc1. The highest BCUT2D eigenvalue weighted by Gasteiger charge is 2.15. The number of carbonyl (C=O) groups excluding carboxylic acids is 1. The van der Waals surface area contributed by atoms with Crippen molar-refractivity contribution in [3.63, 3.8) is 0 Å². The summed E-state index contributed by atoms with van der Waals surface area (Å²) >= 11 is 0. The van der Waals surface area contributed by atoms with Crippen LogP contribution in [0.2, 0.25) is 0 Å². The summed E-state index contributed by atoms with van der Waals surface area (Å²) in [6.07, 6.45) is 1.30. The Morgan fingerprint density at radius 1 is 1.06 bits per heavy atom. The molecule has 10 nitrogen and oxygen atoms in total. The quantitative estimate of drug-likeness (QED) is 0.326. The highest BCUT2D eigenvalue weighted by molar-refractivity contribution is 7.89. The minimum absolute atomic E-state index is 0.0111. The first-order valence-electron chi connectivity index (χ1n) is 10.6. The lowest BCUT2D eigenvalue weighted by atomic mass is 10.0. The highest BCUT2D eigenvalue weighted by Crippen LogP contribution is 2.30. The Balaban J connectivity index is 1.43. The van der Waals surface area contributed by atoms with Crippen molar-refractivity contribution in [3.05, 3.63) is 82.7 Å². The first kappa shape index (κ1) is 24.8. The van der Waals surface area contributed by atoms with Gasteiger partial charge in [-0.15, -0.1) is 0 Å². The van der Waals surface area contributed by atoms with E-state index in [9.17, 15) is 23.1 Å². The summed E-state index contributed by atoms with van der Waals surface area (Å²) in [7, 11) is -2.25. The number of primary sulfonamides is 1. The van der Waals surface area contributed by atoms with E-state index in [2.05, 4.69) is 5.32 Å². The summed E-state index contributed by atoms with van der Waals surface area (Å²) in [5.41, 5.74) is 1.21. The molecule has 11 heteroatoms. The molecule has 0 aliphatic heterocycles. The van der Waals surface area contributed by atoms with Gasteiger partial charge in [-0.25, -0.2) is 13.6 Å². The van der Waals surface area contributed by atoms with E-state index in [0.717, 1.165) is 0 Å². The molecule has 0 bridgehead atoms. The van der Waals surface area contributed by atoms with Gasteiger partial charge >= 0.3 is 0 Å². The van der Waals surface area contributed by atoms with Crippen molar-refractivity contribution >= 4 is 26.9 Å². The van der Waals surface area contributed by atoms with E-state index in [1.165, 1.54) is 49.8 Å². The standard InChI is InChI=1S/C25H22N2O8S/c1-33-17-6-4-16(5-7-17)20-13-35-22-11-18(10-21(28)24(22)25(20)30)34-14-23(29)27-12-15-2-8-19(9-3-15)36(26,31)32/h2-11,13,28H,12,14H2,1H3,(H,27,29)(H2,26,31,32). The molecule has 0 saturated carbocycles. The molecule has 0 saturated heterocycles. The van der Waals surface area contributed by atoms with Gasteiger partial charge in [-0.05, 0) is 35.4 Å². The van der Waals surface area contributed by atoms with Gasteiger partial charge in [0, 0.05) is 18.7 Å². The number of ether oxygens (including phenoxy) is 2. The van der Waals surface area contributed by atoms with E-state index in [4.69, 9.17) is 19.0 Å². The van der Waals surface area contributed by atoms with Gasteiger partial charge in [0.2, 0.25) is 15.5 Å². The number of amides is 1. The third kappa shape index (κ3) is 5.48. The average molecular weight is 511 g/mol. The average Bonchev–Trinajstić information content (AvgIpc) is 2.86. The van der Waals surface area contributed by atoms with E-state index < -0.39 is 21.4 Å². The fraction of sp³-hybridized carbons (Fsp3) is 0.120. The molecular weight excluding hydrogens is 488 g/mol. The van der Waals surface area contributed by atoms with Crippen LogP contribution < -0.4 is 25.4 Å². The number of nitrogens with two attached hydrogens (primary N) is 1. The van der Waals surface area contributed by atoms with Crippen LogP contribution in [0.15, 0.2) is 81.0 Å². The summed E-state index contributed by atoms with van der Waals surface area (Å²) in [5, 5.41) is 18.2. The summed E-state index contributed by atoms with van der Waals surface area (Å²) < 4.78 is 38.8. The summed E-state index contributed by atoms with van der Waals surface area (Å²) in [6, 6.07) is 15.2. The molecule has 0 aliphatic carbocycles. The number of phenols is 1. The van der Waals surface area contributed by atoms with Crippen molar-refractivity contribution < 1.29 is 32.2 Å². The van der Waals surface area contributed by atoms with Crippen molar-refractivity contribution in [1.82, 2.24) is 5.32 Å². The zero-order valence-electron chi connectivity index (χ0n) is 19.1. The minimum atomic E-state index is -3.79. The van der Waals surface area contributed by atoms with Crippen LogP contribution in [0.25, 0.3) is 22.1 Å². The second kappa shape index (κ2) is 10.1. The fourth-order valence-electron chi connectivity index (χ4n) is 3.46. The maximum absolute atomic E-state index is 13.0. The third-order valence-corrected chi connectivity index (χ3v) is 6.27. The molecule has 1 heterocycles. The fourth-order valence-corrected chi connectivity index (χ4v) is 3.97. The topological polar surface area (TPSA) is 158 Å². The number of rotatable bonds is 8. The largest absolute Gasteiger partial charge is 0.507 e. The predicted molar refractivity (Wildman–Crippen MR) is 131 cm³/mol. The lowest BCUT2D eigenvalue weighted by Crippen LogP contribution is -2.28. The van der Waals surface area contributed by atoms with Crippen molar-refractivity contribution in [3.8, 4) is 28.4 Å². The molecule has 186 valence electrons. The first-order chi connectivity index (χ1) is 17.2. The third-order valence-electron chi connectivity index (χ3n) is 5.34. The number of carbonyl (C=O) groups is 1. The molecule has 0 atom stereocenters. The van der Waals surface area contributed by atoms with Gasteiger partial charge in [0.25, 0.3) is 5.91 Å². The zero-order valence-corrected chi connectivity index (χ0v) is 19.9. The van der Waals surface area contributed by atoms with Gasteiger partial charge < -0.3 is 24.3 Å². The maximum Gasteiger partial charge on any atom is 0.258 e. The normalized spacial score (nSPS) is 11.3. The highest BCUT2D eigenvalue weighted by atomic mass is 32.2. The number of sulfonamides is 1. The predicted octanol–water partition coefficient (Wildman–Crippen LogP) is 2.52. The summed E-state index contributed by atoms with van der Waals surface area (Å²) in [6.45, 7) is -0.229. The molecule has 0 radical (unpaired) electrons. The van der Waals surface area contributed by atoms with Crippen LogP contribution in [0.1, 0.15) is 5.56 Å². The Morgan fingerprint density at radius 2 is 1.75 bits per heavy atom. The van der Waals surface area contributed by atoms with Gasteiger partial charge in [-0.2, -0.15) is 0 Å². The molecule has 4 rings (SSSR count). The second-order valence-electron chi connectivity index (χ2n) is 7.78. The summed E-state index contributed by atoms with van der Waals surface area (Å²) in [4.78, 5) is 25.1. The van der Waals surface area contributed by atoms with Gasteiger partial charge in [0.1, 0.15) is 34.5 Å². The number of hydrogen-bond donors (Lipinski definition) is 3. The molecule has 0 aliphatic rings. The van der Waals surface area contributed by atoms with Gasteiger partial charge in [0.05, 0.1) is 17.6 Å². The summed E-state index contributed by atoms with van der Waals surface area (Å²) in [5.74, 6) is -0.0334. The first-order valence-corrected chi connectivity index (χ1v) is 12.1. The Morgan fingerprint density at radius 3 is 2.39 bits per heavy atom. The number of nitrogens with one attached hydrogen (secondary N) is 1. The monoisotopic (exact) mass is 510 g/mol. The van der Waals surface area contributed by atoms with Crippen molar-refractivity contribution in [2.24, 2.45) is 5.14 Å². The van der Waals surface area contributed by atoms with Gasteiger partial charge in [-0.1, -0.05) is 24.3 Å². The second-order valence-corrected chi connectivity index (χ2v) is 9.34. The Bertz CT molecular complexity index is 1580. The Kier molecular flexibility index (Phi) is 6.95. The molecule has 4 N–H and O–H groups in total. The molecule has 1 amide bonds. The Hall–Kier alpha value is -4.35. The number of benzene rings is 3. The van der Waals surface area contributed by atoms with E-state index in [-0.39, 0.29) is 46.1 Å². The lowest BCUT2D eigenvalue weighted by molar-refractivity contribution is -0.123. The van der Waals surface area contributed by atoms with Crippen LogP contribution >= 0.6 is 0 Å². The number of phenolic OH excluding ortho intramolecular Hbond substituents is 1. The van der Waals surface area contributed by atoms with Crippen LogP contribution in [0.5, 0.6) is 17.2 Å². The molecule has 4 aromatic rings. The van der Waals surface area contributed by atoms with Crippen LogP contribution in [-0.2, 0) is 21.4 Å². The van der Waals surface area contributed by atoms with E-state index >= 15 is 0 Å². The van der Waals surface area contributed by atoms with E-state index in [1.807, 2.05) is 0 Å². The lowest BCUT2D eigenvalue weighted by Gasteiger charge is -2.10. The molecule has 3 aromatic carbocycles. The number of methoxy groups -OCH3 is 1. The van der Waals surface area contributed by atoms with Crippen LogP contribution in [-0.4, -0.2) is 33.1 Å². The van der Waals surface area contributed by atoms with Crippen molar-refractivity contribution in [2.75, 3.05) is 13.7 Å². The minimum Gasteiger partial charge on any atom is -0.507 e. The van der Waals surface area contributed by atoms with Crippen LogP contribution in [0.4, 0.5) is 0 Å². The van der Waals surface area contributed by atoms with Gasteiger partial charge in [-0.3, -0.25) is 9.59 Å². The van der Waals surface area contributed by atoms with Crippen molar-refractivity contribution in [2.45, 2.75) is 11.4 Å². The maximum atomic E-state index is 13.0. The van der Waals surface area contributed by atoms with Crippen molar-refractivity contribution in [1.29, 1.82) is 0 Å². The van der Waals surface area contributed by atoms with Crippen LogP contribution in [0, 0.1) is 0 Å².